The van der Waals surface area contributed by atoms with Crippen molar-refractivity contribution in [2.45, 2.75) is 25.7 Å². The number of hydrogen-bond acceptors (Lipinski definition) is 1. The molecule has 100 valence electrons. The molecule has 2 nitrogen and oxygen atoms in total. The topological polar surface area (TPSA) is 37.3 Å². The van der Waals surface area contributed by atoms with Crippen LogP contribution in [0, 0.1) is 17.3 Å². The van der Waals surface area contributed by atoms with Crippen molar-refractivity contribution < 1.29 is 9.90 Å². The molecule has 2 bridgehead atoms. The number of carbonyl (C=O) groups is 1. The predicted octanol–water partition coefficient (Wildman–Crippen LogP) is 4.22. The molecule has 1 saturated carbocycles. The van der Waals surface area contributed by atoms with Gasteiger partial charge in [0.1, 0.15) is 0 Å². The number of benzene rings is 1. The van der Waals surface area contributed by atoms with E-state index in [1.807, 2.05) is 12.1 Å². The van der Waals surface area contributed by atoms with E-state index in [9.17, 15) is 9.90 Å². The quantitative estimate of drug-likeness (QED) is 0.847. The zero-order valence-corrected chi connectivity index (χ0v) is 12.4. The van der Waals surface area contributed by atoms with E-state index in [1.165, 1.54) is 0 Å². The van der Waals surface area contributed by atoms with Crippen LogP contribution in [0.3, 0.4) is 0 Å². The lowest BCUT2D eigenvalue weighted by atomic mass is 9.70. The van der Waals surface area contributed by atoms with Crippen LogP contribution in [-0.4, -0.2) is 11.1 Å². The van der Waals surface area contributed by atoms with Crippen molar-refractivity contribution in [3.05, 3.63) is 46.5 Å². The molecule has 1 aromatic rings. The number of hydrogen-bond donors (Lipinski definition) is 1. The Bertz CT molecular complexity index is 551. The summed E-state index contributed by atoms with van der Waals surface area (Å²) in [6, 6.07) is 8.10. The van der Waals surface area contributed by atoms with Gasteiger partial charge in [0.25, 0.3) is 0 Å². The highest BCUT2D eigenvalue weighted by atomic mass is 79.9. The molecule has 2 aliphatic rings. The van der Waals surface area contributed by atoms with E-state index in [4.69, 9.17) is 0 Å². The molecule has 0 spiro atoms. The Morgan fingerprint density at radius 3 is 2.95 bits per heavy atom. The van der Waals surface area contributed by atoms with Gasteiger partial charge >= 0.3 is 5.97 Å². The van der Waals surface area contributed by atoms with Gasteiger partial charge in [0.2, 0.25) is 0 Å². The van der Waals surface area contributed by atoms with Crippen molar-refractivity contribution in [2.24, 2.45) is 17.3 Å². The molecule has 3 rings (SSSR count). The summed E-state index contributed by atoms with van der Waals surface area (Å²) in [5.41, 5.74) is 1.01. The van der Waals surface area contributed by atoms with Gasteiger partial charge in [0, 0.05) is 15.8 Å². The van der Waals surface area contributed by atoms with Crippen molar-refractivity contribution in [3.8, 4) is 0 Å². The first-order chi connectivity index (χ1) is 9.07. The van der Waals surface area contributed by atoms with Crippen LogP contribution < -0.4 is 0 Å². The molecule has 0 aromatic heterocycles. The summed E-state index contributed by atoms with van der Waals surface area (Å²) in [6.07, 6.45) is 6.28. The Labute approximate surface area is 121 Å². The molecule has 1 aromatic carbocycles. The Kier molecular flexibility index (Phi) is 3.05. The molecule has 0 radical (unpaired) electrons. The Morgan fingerprint density at radius 1 is 1.53 bits per heavy atom. The third-order valence-electron chi connectivity index (χ3n) is 4.89. The average Bonchev–Trinajstić information content (AvgIpc) is 2.94. The fourth-order valence-electron chi connectivity index (χ4n) is 4.01. The molecule has 1 N–H and O–H groups in total. The monoisotopic (exact) mass is 320 g/mol. The number of aliphatic carboxylic acids is 1. The first-order valence-electron chi connectivity index (χ1n) is 6.75. The van der Waals surface area contributed by atoms with Gasteiger partial charge in [0.05, 0.1) is 5.92 Å². The lowest BCUT2D eigenvalue weighted by molar-refractivity contribution is -0.145. The number of halogens is 1. The smallest absolute Gasteiger partial charge is 0.308 e. The summed E-state index contributed by atoms with van der Waals surface area (Å²) in [6.45, 7) is 2.10. The fourth-order valence-corrected chi connectivity index (χ4v) is 4.42. The van der Waals surface area contributed by atoms with E-state index < -0.39 is 5.97 Å². The lowest BCUT2D eigenvalue weighted by Crippen LogP contribution is -2.33. The number of allylic oxidation sites excluding steroid dienone is 2. The summed E-state index contributed by atoms with van der Waals surface area (Å²) in [7, 11) is 0. The SMILES string of the molecule is CCC12C=CC(C1)C(c1cccc(Br)c1)C2C(=O)O. The van der Waals surface area contributed by atoms with Gasteiger partial charge in [-0.15, -0.1) is 0 Å². The van der Waals surface area contributed by atoms with E-state index in [-0.39, 0.29) is 17.3 Å². The molecular formula is C16H17BrO2. The first kappa shape index (κ1) is 12.9. The van der Waals surface area contributed by atoms with Crippen molar-refractivity contribution in [1.82, 2.24) is 0 Å². The third kappa shape index (κ3) is 1.86. The van der Waals surface area contributed by atoms with Crippen molar-refractivity contribution in [1.29, 1.82) is 0 Å². The predicted molar refractivity (Wildman–Crippen MR) is 78.0 cm³/mol. The van der Waals surface area contributed by atoms with Gasteiger partial charge in [0.15, 0.2) is 0 Å². The highest BCUT2D eigenvalue weighted by molar-refractivity contribution is 9.10. The van der Waals surface area contributed by atoms with Crippen LogP contribution in [0.1, 0.15) is 31.2 Å². The normalized spacial score (nSPS) is 35.8. The molecule has 0 amide bonds. The second-order valence-electron chi connectivity index (χ2n) is 5.71. The summed E-state index contributed by atoms with van der Waals surface area (Å²) in [5, 5.41) is 9.69. The van der Waals surface area contributed by atoms with Crippen molar-refractivity contribution in [3.63, 3.8) is 0 Å². The molecule has 2 aliphatic carbocycles. The van der Waals surface area contributed by atoms with Crippen LogP contribution in [-0.2, 0) is 4.79 Å². The largest absolute Gasteiger partial charge is 0.481 e. The van der Waals surface area contributed by atoms with Crippen LogP contribution in [0.25, 0.3) is 0 Å². The highest BCUT2D eigenvalue weighted by Gasteiger charge is 2.57. The Hall–Kier alpha value is -1.09. The van der Waals surface area contributed by atoms with Crippen LogP contribution in [0.2, 0.25) is 0 Å². The van der Waals surface area contributed by atoms with Crippen molar-refractivity contribution in [2.75, 3.05) is 0 Å². The molecule has 4 atom stereocenters. The first-order valence-corrected chi connectivity index (χ1v) is 7.54. The number of rotatable bonds is 3. The van der Waals surface area contributed by atoms with Gasteiger partial charge in [-0.1, -0.05) is 47.1 Å². The zero-order chi connectivity index (χ0) is 13.6. The lowest BCUT2D eigenvalue weighted by Gasteiger charge is -2.33. The van der Waals surface area contributed by atoms with Gasteiger partial charge in [-0.3, -0.25) is 4.79 Å². The summed E-state index contributed by atoms with van der Waals surface area (Å²) < 4.78 is 1.02. The average molecular weight is 321 g/mol. The van der Waals surface area contributed by atoms with Gasteiger partial charge in [-0.2, -0.15) is 0 Å². The summed E-state index contributed by atoms with van der Waals surface area (Å²) >= 11 is 3.48. The molecule has 0 aliphatic heterocycles. The molecular weight excluding hydrogens is 304 g/mol. The molecule has 3 heteroatoms. The van der Waals surface area contributed by atoms with Crippen LogP contribution in [0.4, 0.5) is 0 Å². The minimum Gasteiger partial charge on any atom is -0.481 e. The van der Waals surface area contributed by atoms with Crippen LogP contribution in [0.15, 0.2) is 40.9 Å². The minimum absolute atomic E-state index is 0.111. The maximum Gasteiger partial charge on any atom is 0.308 e. The summed E-state index contributed by atoms with van der Waals surface area (Å²) in [4.78, 5) is 11.8. The third-order valence-corrected chi connectivity index (χ3v) is 5.38. The van der Waals surface area contributed by atoms with Gasteiger partial charge < -0.3 is 5.11 Å². The summed E-state index contributed by atoms with van der Waals surface area (Å²) in [5.74, 6) is -0.462. The van der Waals surface area contributed by atoms with Crippen LogP contribution >= 0.6 is 15.9 Å². The molecule has 19 heavy (non-hydrogen) atoms. The molecule has 1 fully saturated rings. The number of fused-ring (bicyclic) bond motifs is 2. The van der Waals surface area contributed by atoms with E-state index >= 15 is 0 Å². The van der Waals surface area contributed by atoms with Crippen LogP contribution in [0.5, 0.6) is 0 Å². The second-order valence-corrected chi connectivity index (χ2v) is 6.63. The van der Waals surface area contributed by atoms with E-state index in [0.717, 1.165) is 22.9 Å². The molecule has 4 unspecified atom stereocenters. The standard InChI is InChI=1S/C16H17BrO2/c1-2-16-7-6-11(9-16)13(14(16)15(18)19)10-4-3-5-12(17)8-10/h3-8,11,13-14H,2,9H2,1H3,(H,18,19). The van der Waals surface area contributed by atoms with Crippen molar-refractivity contribution >= 4 is 21.9 Å². The maximum atomic E-state index is 11.8. The molecule has 0 saturated heterocycles. The second kappa shape index (κ2) is 4.48. The van der Waals surface area contributed by atoms with E-state index in [1.54, 1.807) is 0 Å². The highest BCUT2D eigenvalue weighted by Crippen LogP contribution is 2.61. The van der Waals surface area contributed by atoms with E-state index in [2.05, 4.69) is 47.1 Å². The van der Waals surface area contributed by atoms with E-state index in [0.29, 0.717) is 5.92 Å². The fraction of sp³-hybridized carbons (Fsp3) is 0.438. The Balaban J connectivity index is 2.07. The number of carboxylic acid groups (broad SMARTS) is 1. The number of carboxylic acids is 1. The molecule has 0 heterocycles. The maximum absolute atomic E-state index is 11.8. The minimum atomic E-state index is -0.654. The Morgan fingerprint density at radius 2 is 2.32 bits per heavy atom. The zero-order valence-electron chi connectivity index (χ0n) is 10.8. The van der Waals surface area contributed by atoms with Gasteiger partial charge in [-0.25, -0.2) is 0 Å². The van der Waals surface area contributed by atoms with Gasteiger partial charge in [-0.05, 0) is 36.5 Å².